The van der Waals surface area contributed by atoms with Gasteiger partial charge in [0, 0.05) is 10.9 Å². The Labute approximate surface area is 121 Å². The van der Waals surface area contributed by atoms with Gasteiger partial charge in [-0.25, -0.2) is 9.78 Å². The fourth-order valence-electron chi connectivity index (χ4n) is 2.45. The zero-order valence-electron chi connectivity index (χ0n) is 11.0. The molecule has 0 aliphatic carbocycles. The van der Waals surface area contributed by atoms with Crippen LogP contribution in [0.5, 0.6) is 0 Å². The zero-order chi connectivity index (χ0) is 13.9. The summed E-state index contributed by atoms with van der Waals surface area (Å²) in [5, 5.41) is 15.6. The minimum absolute atomic E-state index is 0.299. The molecule has 2 heterocycles. The Morgan fingerprint density at radius 1 is 1.40 bits per heavy atom. The second kappa shape index (κ2) is 5.73. The number of benzene rings is 1. The van der Waals surface area contributed by atoms with Gasteiger partial charge in [-0.05, 0) is 31.5 Å². The van der Waals surface area contributed by atoms with Gasteiger partial charge >= 0.3 is 5.97 Å². The predicted molar refractivity (Wildman–Crippen MR) is 79.1 cm³/mol. The summed E-state index contributed by atoms with van der Waals surface area (Å²) >= 11 is 1.64. The van der Waals surface area contributed by atoms with Crippen LogP contribution in [0.25, 0.3) is 11.3 Å². The highest BCUT2D eigenvalue weighted by Gasteiger charge is 2.18. The first-order valence-corrected chi connectivity index (χ1v) is 7.64. The molecule has 2 aromatic rings. The van der Waals surface area contributed by atoms with Crippen molar-refractivity contribution >= 4 is 17.3 Å². The summed E-state index contributed by atoms with van der Waals surface area (Å²) in [7, 11) is 0. The molecule has 1 fully saturated rings. The Morgan fingerprint density at radius 3 is 3.05 bits per heavy atom. The van der Waals surface area contributed by atoms with Gasteiger partial charge in [0.2, 0.25) is 0 Å². The maximum Gasteiger partial charge on any atom is 0.335 e. The number of hydrogen-bond donors (Lipinski definition) is 2. The van der Waals surface area contributed by atoms with Crippen molar-refractivity contribution in [2.75, 3.05) is 6.54 Å². The molecular weight excluding hydrogens is 272 g/mol. The number of carbonyl (C=O) groups is 1. The molecule has 1 atom stereocenters. The zero-order valence-corrected chi connectivity index (χ0v) is 11.8. The second-order valence-corrected chi connectivity index (χ2v) is 5.85. The van der Waals surface area contributed by atoms with E-state index in [0.717, 1.165) is 29.2 Å². The number of nitrogens with one attached hydrogen (secondary N) is 1. The normalized spacial score (nSPS) is 18.9. The molecule has 0 unspecified atom stereocenters. The molecule has 1 aliphatic heterocycles. The van der Waals surface area contributed by atoms with Gasteiger partial charge in [-0.1, -0.05) is 18.6 Å². The first-order valence-electron chi connectivity index (χ1n) is 6.76. The van der Waals surface area contributed by atoms with E-state index >= 15 is 0 Å². The molecular formula is C15H16N2O2S. The molecule has 1 saturated heterocycles. The summed E-state index contributed by atoms with van der Waals surface area (Å²) in [5.41, 5.74) is 2.02. The van der Waals surface area contributed by atoms with Crippen LogP contribution >= 0.6 is 11.3 Å². The molecule has 20 heavy (non-hydrogen) atoms. The fraction of sp³-hybridized carbons (Fsp3) is 0.333. The third kappa shape index (κ3) is 2.73. The summed E-state index contributed by atoms with van der Waals surface area (Å²) in [6.07, 6.45) is 3.60. The van der Waals surface area contributed by atoms with Gasteiger partial charge in [0.05, 0.1) is 17.3 Å². The Morgan fingerprint density at radius 2 is 2.30 bits per heavy atom. The van der Waals surface area contributed by atoms with Gasteiger partial charge in [0.25, 0.3) is 0 Å². The Kier molecular flexibility index (Phi) is 3.80. The minimum atomic E-state index is -0.906. The van der Waals surface area contributed by atoms with Crippen LogP contribution in [0.2, 0.25) is 0 Å². The van der Waals surface area contributed by atoms with E-state index in [1.807, 2.05) is 11.4 Å². The molecule has 1 aromatic heterocycles. The van der Waals surface area contributed by atoms with Crippen LogP contribution in [0.4, 0.5) is 0 Å². The summed E-state index contributed by atoms with van der Waals surface area (Å²) in [6.45, 7) is 1.05. The number of aromatic nitrogens is 1. The molecule has 3 rings (SSSR count). The van der Waals surface area contributed by atoms with Gasteiger partial charge in [-0.2, -0.15) is 0 Å². The van der Waals surface area contributed by atoms with E-state index in [4.69, 9.17) is 5.11 Å². The number of hydrogen-bond acceptors (Lipinski definition) is 4. The lowest BCUT2D eigenvalue weighted by Gasteiger charge is -2.21. The number of carboxylic acid groups (broad SMARTS) is 1. The Balaban J connectivity index is 1.85. The molecule has 0 saturated carbocycles. The highest BCUT2D eigenvalue weighted by Crippen LogP contribution is 2.29. The monoisotopic (exact) mass is 288 g/mol. The van der Waals surface area contributed by atoms with E-state index in [-0.39, 0.29) is 0 Å². The molecule has 1 aromatic carbocycles. The van der Waals surface area contributed by atoms with Gasteiger partial charge in [-0.3, -0.25) is 0 Å². The lowest BCUT2D eigenvalue weighted by Crippen LogP contribution is -2.26. The van der Waals surface area contributed by atoms with Crippen LogP contribution in [-0.4, -0.2) is 22.6 Å². The van der Waals surface area contributed by atoms with E-state index in [0.29, 0.717) is 11.6 Å². The van der Waals surface area contributed by atoms with Crippen molar-refractivity contribution in [3.63, 3.8) is 0 Å². The number of aromatic carboxylic acids is 1. The summed E-state index contributed by atoms with van der Waals surface area (Å²) in [4.78, 5) is 15.7. The lowest BCUT2D eigenvalue weighted by atomic mass is 10.1. The SMILES string of the molecule is O=C(O)c1cccc(-c2csc([C@H]3CCCCN3)n2)c1. The Hall–Kier alpha value is -1.72. The highest BCUT2D eigenvalue weighted by atomic mass is 32.1. The second-order valence-electron chi connectivity index (χ2n) is 4.96. The Bertz CT molecular complexity index is 618. The minimum Gasteiger partial charge on any atom is -0.478 e. The number of thiazole rings is 1. The average Bonchev–Trinajstić information content (AvgIpc) is 2.98. The van der Waals surface area contributed by atoms with Crippen LogP contribution < -0.4 is 5.32 Å². The number of nitrogens with zero attached hydrogens (tertiary/aromatic N) is 1. The van der Waals surface area contributed by atoms with Crippen LogP contribution in [0.15, 0.2) is 29.6 Å². The van der Waals surface area contributed by atoms with Gasteiger partial charge < -0.3 is 10.4 Å². The summed E-state index contributed by atoms with van der Waals surface area (Å²) in [5.74, 6) is -0.906. The molecule has 104 valence electrons. The summed E-state index contributed by atoms with van der Waals surface area (Å²) in [6, 6.07) is 7.29. The molecule has 0 bridgehead atoms. The third-order valence-corrected chi connectivity index (χ3v) is 4.49. The first kappa shape index (κ1) is 13.3. The largest absolute Gasteiger partial charge is 0.478 e. The fourth-order valence-corrected chi connectivity index (χ4v) is 3.39. The van der Waals surface area contributed by atoms with Gasteiger partial charge in [0.1, 0.15) is 5.01 Å². The molecule has 0 spiro atoms. The molecule has 1 aliphatic rings. The topological polar surface area (TPSA) is 62.2 Å². The van der Waals surface area contributed by atoms with Crippen molar-refractivity contribution in [1.29, 1.82) is 0 Å². The van der Waals surface area contributed by atoms with Gasteiger partial charge in [-0.15, -0.1) is 11.3 Å². The van der Waals surface area contributed by atoms with E-state index < -0.39 is 5.97 Å². The van der Waals surface area contributed by atoms with E-state index in [1.54, 1.807) is 29.5 Å². The molecule has 4 nitrogen and oxygen atoms in total. The third-order valence-electron chi connectivity index (χ3n) is 3.54. The van der Waals surface area contributed by atoms with Crippen molar-refractivity contribution in [2.45, 2.75) is 25.3 Å². The maximum absolute atomic E-state index is 11.0. The van der Waals surface area contributed by atoms with Crippen LogP contribution in [0.1, 0.15) is 40.7 Å². The van der Waals surface area contributed by atoms with Gasteiger partial charge in [0.15, 0.2) is 0 Å². The number of carboxylic acids is 1. The van der Waals surface area contributed by atoms with Crippen molar-refractivity contribution in [2.24, 2.45) is 0 Å². The first-order chi connectivity index (χ1) is 9.74. The van der Waals surface area contributed by atoms with Crippen molar-refractivity contribution in [1.82, 2.24) is 10.3 Å². The molecule has 2 N–H and O–H groups in total. The molecule has 0 radical (unpaired) electrons. The van der Waals surface area contributed by atoms with Crippen molar-refractivity contribution < 1.29 is 9.90 Å². The number of piperidine rings is 1. The smallest absolute Gasteiger partial charge is 0.335 e. The number of rotatable bonds is 3. The standard InChI is InChI=1S/C15H16N2O2S/c18-15(19)11-5-3-4-10(8-11)13-9-20-14(17-13)12-6-1-2-7-16-12/h3-5,8-9,12,16H,1-2,6-7H2,(H,18,19)/t12-/m1/s1. The summed E-state index contributed by atoms with van der Waals surface area (Å²) < 4.78 is 0. The van der Waals surface area contributed by atoms with E-state index in [2.05, 4.69) is 10.3 Å². The molecule has 0 amide bonds. The predicted octanol–water partition coefficient (Wildman–Crippen LogP) is 3.32. The van der Waals surface area contributed by atoms with Crippen molar-refractivity contribution in [3.8, 4) is 11.3 Å². The average molecular weight is 288 g/mol. The van der Waals surface area contributed by atoms with Crippen LogP contribution in [-0.2, 0) is 0 Å². The van der Waals surface area contributed by atoms with Crippen LogP contribution in [0, 0.1) is 0 Å². The van der Waals surface area contributed by atoms with E-state index in [1.165, 1.54) is 12.8 Å². The highest BCUT2D eigenvalue weighted by molar-refractivity contribution is 7.10. The maximum atomic E-state index is 11.0. The lowest BCUT2D eigenvalue weighted by molar-refractivity contribution is 0.0697. The quantitative estimate of drug-likeness (QED) is 0.909. The van der Waals surface area contributed by atoms with Crippen LogP contribution in [0.3, 0.4) is 0 Å². The van der Waals surface area contributed by atoms with Crippen molar-refractivity contribution in [3.05, 3.63) is 40.2 Å². The van der Waals surface area contributed by atoms with E-state index in [9.17, 15) is 4.79 Å². The molecule has 5 heteroatoms.